The van der Waals surface area contributed by atoms with Crippen LogP contribution in [0.1, 0.15) is 37.3 Å². The lowest BCUT2D eigenvalue weighted by Gasteiger charge is -2.35. The van der Waals surface area contributed by atoms with Crippen molar-refractivity contribution in [2.75, 3.05) is 13.6 Å². The van der Waals surface area contributed by atoms with E-state index in [1.165, 1.54) is 17.7 Å². The zero-order chi connectivity index (χ0) is 17.0. The zero-order valence-electron chi connectivity index (χ0n) is 14.5. The summed E-state index contributed by atoms with van der Waals surface area (Å²) in [6.07, 6.45) is 3.54. The second-order valence-corrected chi connectivity index (χ2v) is 7.01. The lowest BCUT2D eigenvalue weighted by Crippen LogP contribution is -3.18. The molecular weight excluding hydrogens is 294 g/mol. The number of aliphatic hydroxyl groups is 1. The van der Waals surface area contributed by atoms with Crippen molar-refractivity contribution in [1.82, 2.24) is 0 Å². The Morgan fingerprint density at radius 1 is 0.958 bits per heavy atom. The smallest absolute Gasteiger partial charge is 0.177 e. The van der Waals surface area contributed by atoms with E-state index in [-0.39, 0.29) is 5.54 Å². The molecule has 2 atom stereocenters. The second kappa shape index (κ2) is 6.81. The van der Waals surface area contributed by atoms with E-state index in [4.69, 9.17) is 0 Å². The molecule has 24 heavy (non-hydrogen) atoms. The molecule has 1 fully saturated rings. The van der Waals surface area contributed by atoms with Gasteiger partial charge in [0.15, 0.2) is 11.1 Å². The first-order valence-corrected chi connectivity index (χ1v) is 8.75. The molecule has 2 N–H and O–H groups in total. The summed E-state index contributed by atoms with van der Waals surface area (Å²) in [7, 11) is 2.21. The molecule has 2 aromatic carbocycles. The van der Waals surface area contributed by atoms with Crippen LogP contribution in [0.4, 0.5) is 0 Å². The number of quaternary nitrogens is 1. The maximum Gasteiger partial charge on any atom is 0.177 e. The second-order valence-electron chi connectivity index (χ2n) is 7.01. The monoisotopic (exact) mass is 320 g/mol. The number of benzene rings is 2. The normalized spacial score (nSPS) is 24.0. The fourth-order valence-electron chi connectivity index (χ4n) is 3.43. The van der Waals surface area contributed by atoms with Crippen LogP contribution in [0.25, 0.3) is 0 Å². The third kappa shape index (κ3) is 3.24. The van der Waals surface area contributed by atoms with Crippen molar-refractivity contribution in [3.05, 3.63) is 71.8 Å². The first-order chi connectivity index (χ1) is 11.5. The third-order valence-electron chi connectivity index (χ3n) is 5.32. The van der Waals surface area contributed by atoms with Gasteiger partial charge in [0, 0.05) is 24.5 Å². The molecule has 0 radical (unpaired) electrons. The van der Waals surface area contributed by atoms with Crippen LogP contribution in [0, 0.1) is 11.8 Å². The number of hydrogen-bond acceptors (Lipinski definition) is 1. The Bertz CT molecular complexity index is 689. The van der Waals surface area contributed by atoms with E-state index in [1.54, 1.807) is 0 Å². The summed E-state index contributed by atoms with van der Waals surface area (Å²) in [6, 6.07) is 19.5. The SMILES string of the molecule is C[NH+]1CCCC[C@@]1(C)C#CC(O)(c1ccccc1)c1ccccc1. The van der Waals surface area contributed by atoms with E-state index in [1.807, 2.05) is 60.7 Å². The van der Waals surface area contributed by atoms with Gasteiger partial charge < -0.3 is 10.0 Å². The van der Waals surface area contributed by atoms with Crippen molar-refractivity contribution >= 4 is 0 Å². The fourth-order valence-corrected chi connectivity index (χ4v) is 3.43. The van der Waals surface area contributed by atoms with Crippen LogP contribution in [0.2, 0.25) is 0 Å². The molecule has 0 amide bonds. The predicted molar refractivity (Wildman–Crippen MR) is 97.7 cm³/mol. The van der Waals surface area contributed by atoms with Gasteiger partial charge in [-0.05, 0) is 18.8 Å². The molecule has 1 aliphatic heterocycles. The van der Waals surface area contributed by atoms with Gasteiger partial charge in [-0.3, -0.25) is 0 Å². The first kappa shape index (κ1) is 16.8. The molecule has 0 spiro atoms. The highest BCUT2D eigenvalue weighted by Gasteiger charge is 2.36. The van der Waals surface area contributed by atoms with Crippen LogP contribution >= 0.6 is 0 Å². The van der Waals surface area contributed by atoms with Gasteiger partial charge in [0.25, 0.3) is 0 Å². The molecular formula is C22H26NO+. The Hall–Kier alpha value is -2.08. The standard InChI is InChI=1S/C22H25NO/c1-21(15-9-10-18-23(21)2)16-17-22(24,19-11-5-3-6-12-19)20-13-7-4-8-14-20/h3-8,11-14,24H,9-10,15,18H2,1-2H3/p+1/t21-/m0/s1. The lowest BCUT2D eigenvalue weighted by molar-refractivity contribution is -0.928. The van der Waals surface area contributed by atoms with Crippen LogP contribution in [-0.4, -0.2) is 24.2 Å². The number of piperidine rings is 1. The van der Waals surface area contributed by atoms with Crippen LogP contribution in [0.3, 0.4) is 0 Å². The molecule has 2 heteroatoms. The fraction of sp³-hybridized carbons (Fsp3) is 0.364. The number of likely N-dealkylation sites (tertiary alicyclic amines) is 1. The first-order valence-electron chi connectivity index (χ1n) is 8.75. The average Bonchev–Trinajstić information content (AvgIpc) is 2.64. The Morgan fingerprint density at radius 3 is 2.00 bits per heavy atom. The summed E-state index contributed by atoms with van der Waals surface area (Å²) in [5.41, 5.74) is 0.264. The summed E-state index contributed by atoms with van der Waals surface area (Å²) in [5, 5.41) is 11.5. The summed E-state index contributed by atoms with van der Waals surface area (Å²) in [4.78, 5) is 1.43. The van der Waals surface area contributed by atoms with E-state index in [9.17, 15) is 5.11 Å². The molecule has 1 unspecified atom stereocenters. The molecule has 0 aliphatic carbocycles. The van der Waals surface area contributed by atoms with Gasteiger partial charge in [-0.25, -0.2) is 0 Å². The summed E-state index contributed by atoms with van der Waals surface area (Å²) in [5.74, 6) is 6.70. The highest BCUT2D eigenvalue weighted by atomic mass is 16.3. The quantitative estimate of drug-likeness (QED) is 0.816. The molecule has 124 valence electrons. The molecule has 3 rings (SSSR count). The molecule has 0 aromatic heterocycles. The van der Waals surface area contributed by atoms with Crippen molar-refractivity contribution in [1.29, 1.82) is 0 Å². The van der Waals surface area contributed by atoms with Crippen molar-refractivity contribution in [2.24, 2.45) is 0 Å². The Balaban J connectivity index is 2.06. The average molecular weight is 320 g/mol. The van der Waals surface area contributed by atoms with E-state index < -0.39 is 5.60 Å². The lowest BCUT2D eigenvalue weighted by atomic mass is 9.84. The van der Waals surface area contributed by atoms with Crippen LogP contribution in [-0.2, 0) is 5.60 Å². The van der Waals surface area contributed by atoms with Gasteiger partial charge in [-0.15, -0.1) is 0 Å². The summed E-state index contributed by atoms with van der Waals surface area (Å²) in [6.45, 7) is 3.35. The number of rotatable bonds is 2. The van der Waals surface area contributed by atoms with Crippen molar-refractivity contribution in [3.63, 3.8) is 0 Å². The maximum absolute atomic E-state index is 11.5. The Labute approximate surface area is 145 Å². The van der Waals surface area contributed by atoms with Crippen molar-refractivity contribution in [2.45, 2.75) is 37.3 Å². The molecule has 1 saturated heterocycles. The van der Waals surface area contributed by atoms with Crippen LogP contribution in [0.15, 0.2) is 60.7 Å². The van der Waals surface area contributed by atoms with Gasteiger partial charge in [-0.2, -0.15) is 0 Å². The number of hydrogen-bond donors (Lipinski definition) is 2. The van der Waals surface area contributed by atoms with Gasteiger partial charge in [0.1, 0.15) is 0 Å². The van der Waals surface area contributed by atoms with Gasteiger partial charge >= 0.3 is 0 Å². The number of nitrogens with one attached hydrogen (secondary N) is 1. The van der Waals surface area contributed by atoms with Crippen molar-refractivity contribution in [3.8, 4) is 11.8 Å². The highest BCUT2D eigenvalue weighted by Crippen LogP contribution is 2.29. The van der Waals surface area contributed by atoms with Crippen LogP contribution in [0.5, 0.6) is 0 Å². The Morgan fingerprint density at radius 2 is 1.50 bits per heavy atom. The minimum atomic E-state index is -1.27. The minimum Gasteiger partial charge on any atom is -0.369 e. The summed E-state index contributed by atoms with van der Waals surface area (Å²) >= 11 is 0. The molecule has 0 bridgehead atoms. The topological polar surface area (TPSA) is 24.7 Å². The maximum atomic E-state index is 11.5. The summed E-state index contributed by atoms with van der Waals surface area (Å²) < 4.78 is 0. The van der Waals surface area contributed by atoms with E-state index in [2.05, 4.69) is 25.8 Å². The molecule has 2 aromatic rings. The van der Waals surface area contributed by atoms with Crippen molar-refractivity contribution < 1.29 is 10.0 Å². The Kier molecular flexibility index (Phi) is 4.76. The molecule has 1 aliphatic rings. The largest absolute Gasteiger partial charge is 0.369 e. The molecule has 1 heterocycles. The molecule has 2 nitrogen and oxygen atoms in total. The van der Waals surface area contributed by atoms with Gasteiger partial charge in [0.05, 0.1) is 13.6 Å². The minimum absolute atomic E-state index is 0.101. The van der Waals surface area contributed by atoms with Crippen LogP contribution < -0.4 is 4.90 Å². The molecule has 0 saturated carbocycles. The zero-order valence-corrected chi connectivity index (χ0v) is 14.5. The van der Waals surface area contributed by atoms with E-state index in [0.717, 1.165) is 24.1 Å². The predicted octanol–water partition coefficient (Wildman–Crippen LogP) is 2.38. The highest BCUT2D eigenvalue weighted by molar-refractivity contribution is 5.45. The van der Waals surface area contributed by atoms with Gasteiger partial charge in [-0.1, -0.05) is 66.6 Å². The van der Waals surface area contributed by atoms with E-state index >= 15 is 0 Å². The van der Waals surface area contributed by atoms with E-state index in [0.29, 0.717) is 0 Å². The third-order valence-corrected chi connectivity index (χ3v) is 5.32. The van der Waals surface area contributed by atoms with Gasteiger partial charge in [0.2, 0.25) is 0 Å².